The molecule has 1 rings (SSSR count). The summed E-state index contributed by atoms with van der Waals surface area (Å²) in [6.45, 7) is 7.61. The third-order valence-corrected chi connectivity index (χ3v) is 3.31. The number of carbonyl (C=O) groups excluding carboxylic acids is 1. The number of benzene rings is 1. The first-order valence-corrected chi connectivity index (χ1v) is 7.50. The summed E-state index contributed by atoms with van der Waals surface area (Å²) in [5.41, 5.74) is -0.923. The van der Waals surface area contributed by atoms with Crippen LogP contribution in [0.1, 0.15) is 34.1 Å². The summed E-state index contributed by atoms with van der Waals surface area (Å²) < 4.78 is 5.53. The van der Waals surface area contributed by atoms with E-state index in [1.54, 1.807) is 38.1 Å². The van der Waals surface area contributed by atoms with E-state index in [2.05, 4.69) is 5.32 Å². The molecule has 1 amide bonds. The fourth-order valence-electron chi connectivity index (χ4n) is 2.16. The zero-order valence-electron chi connectivity index (χ0n) is 13.0. The molecule has 0 aliphatic rings. The predicted octanol–water partition coefficient (Wildman–Crippen LogP) is 3.02. The van der Waals surface area contributed by atoms with Crippen LogP contribution in [0.5, 0.6) is 5.75 Å². The number of ether oxygens (including phenoxy) is 1. The first kappa shape index (κ1) is 17.8. The van der Waals surface area contributed by atoms with Crippen LogP contribution in [0.3, 0.4) is 0 Å². The summed E-state index contributed by atoms with van der Waals surface area (Å²) in [6.07, 6.45) is -0.0627. The van der Waals surface area contributed by atoms with E-state index in [1.807, 2.05) is 13.8 Å². The average Bonchev–Trinajstić information content (AvgIpc) is 2.37. The number of nitrogens with one attached hydrogen (secondary N) is 1. The third-order valence-electron chi connectivity index (χ3n) is 3.00. The smallest absolute Gasteiger partial charge is 0.260 e. The molecule has 0 aromatic heterocycles. The lowest BCUT2D eigenvalue weighted by molar-refractivity contribution is -0.128. The van der Waals surface area contributed by atoms with Crippen LogP contribution in [0.15, 0.2) is 24.3 Å². The molecule has 0 radical (unpaired) electrons. The second-order valence-electron chi connectivity index (χ2n) is 6.00. The van der Waals surface area contributed by atoms with Crippen molar-refractivity contribution in [2.24, 2.45) is 5.92 Å². The monoisotopic (exact) mass is 313 g/mol. The largest absolute Gasteiger partial charge is 0.479 e. The molecule has 0 fully saturated rings. The van der Waals surface area contributed by atoms with Crippen LogP contribution in [-0.4, -0.2) is 29.3 Å². The Morgan fingerprint density at radius 1 is 1.38 bits per heavy atom. The molecule has 1 aromatic carbocycles. The number of carbonyl (C=O) groups is 1. The highest BCUT2D eigenvalue weighted by Gasteiger charge is 2.24. The zero-order valence-corrected chi connectivity index (χ0v) is 13.8. The first-order valence-electron chi connectivity index (χ1n) is 7.12. The molecule has 2 N–H and O–H groups in total. The number of amides is 1. The van der Waals surface area contributed by atoms with E-state index in [0.29, 0.717) is 23.1 Å². The summed E-state index contributed by atoms with van der Waals surface area (Å²) in [5.74, 6) is 0.545. The fourth-order valence-corrected chi connectivity index (χ4v) is 2.34. The fraction of sp³-hybridized carbons (Fsp3) is 0.562. The van der Waals surface area contributed by atoms with Gasteiger partial charge in [-0.1, -0.05) is 37.6 Å². The van der Waals surface area contributed by atoms with Crippen LogP contribution in [-0.2, 0) is 4.79 Å². The molecule has 118 valence electrons. The van der Waals surface area contributed by atoms with Gasteiger partial charge in [0, 0.05) is 6.54 Å². The van der Waals surface area contributed by atoms with E-state index in [1.165, 1.54) is 0 Å². The zero-order chi connectivity index (χ0) is 16.0. The summed E-state index contributed by atoms with van der Waals surface area (Å²) in [7, 11) is 0. The molecule has 1 aromatic rings. The maximum absolute atomic E-state index is 12.0. The van der Waals surface area contributed by atoms with E-state index < -0.39 is 11.7 Å². The van der Waals surface area contributed by atoms with Crippen LogP contribution in [0.2, 0.25) is 5.02 Å². The maximum Gasteiger partial charge on any atom is 0.260 e. The van der Waals surface area contributed by atoms with E-state index in [-0.39, 0.29) is 12.5 Å². The van der Waals surface area contributed by atoms with E-state index in [0.717, 1.165) is 0 Å². The Labute approximate surface area is 131 Å². The number of para-hydroxylation sites is 1. The Morgan fingerprint density at radius 2 is 2.00 bits per heavy atom. The number of rotatable bonds is 7. The Bertz CT molecular complexity index is 474. The lowest BCUT2D eigenvalue weighted by atomic mass is 9.94. The second kappa shape index (κ2) is 7.66. The number of hydrogen-bond donors (Lipinski definition) is 2. The molecule has 0 saturated heterocycles. The second-order valence-corrected chi connectivity index (χ2v) is 6.41. The van der Waals surface area contributed by atoms with Gasteiger partial charge in [-0.2, -0.15) is 0 Å². The van der Waals surface area contributed by atoms with Gasteiger partial charge in [0.05, 0.1) is 10.6 Å². The van der Waals surface area contributed by atoms with Crippen molar-refractivity contribution in [3.8, 4) is 5.75 Å². The molecule has 0 aliphatic heterocycles. The van der Waals surface area contributed by atoms with Crippen LogP contribution in [0, 0.1) is 5.92 Å². The summed E-state index contributed by atoms with van der Waals surface area (Å²) >= 11 is 5.98. The van der Waals surface area contributed by atoms with E-state index >= 15 is 0 Å². The molecule has 0 saturated carbocycles. The van der Waals surface area contributed by atoms with E-state index in [9.17, 15) is 9.90 Å². The Balaban J connectivity index is 2.50. The third kappa shape index (κ3) is 6.36. The normalized spacial score (nSPS) is 15.4. The molecule has 21 heavy (non-hydrogen) atoms. The van der Waals surface area contributed by atoms with Gasteiger partial charge in [-0.05, 0) is 38.3 Å². The van der Waals surface area contributed by atoms with Crippen molar-refractivity contribution in [3.05, 3.63) is 29.3 Å². The van der Waals surface area contributed by atoms with Crippen LogP contribution in [0.25, 0.3) is 0 Å². The molecule has 5 heteroatoms. The van der Waals surface area contributed by atoms with Gasteiger partial charge in [-0.25, -0.2) is 0 Å². The van der Waals surface area contributed by atoms with Gasteiger partial charge < -0.3 is 15.2 Å². The minimum absolute atomic E-state index is 0.195. The summed E-state index contributed by atoms with van der Waals surface area (Å²) in [4.78, 5) is 12.0. The highest BCUT2D eigenvalue weighted by Crippen LogP contribution is 2.24. The lowest BCUT2D eigenvalue weighted by Gasteiger charge is -2.26. The van der Waals surface area contributed by atoms with Crippen molar-refractivity contribution in [2.45, 2.75) is 45.8 Å². The van der Waals surface area contributed by atoms with Gasteiger partial charge in [0.1, 0.15) is 5.75 Å². The van der Waals surface area contributed by atoms with Crippen LogP contribution >= 0.6 is 11.6 Å². The maximum atomic E-state index is 12.0. The topological polar surface area (TPSA) is 58.6 Å². The quantitative estimate of drug-likeness (QED) is 0.813. The lowest BCUT2D eigenvalue weighted by Crippen LogP contribution is -2.45. The van der Waals surface area contributed by atoms with Crippen molar-refractivity contribution in [1.29, 1.82) is 0 Å². The molecule has 2 atom stereocenters. The Kier molecular flexibility index (Phi) is 6.49. The highest BCUT2D eigenvalue weighted by atomic mass is 35.5. The van der Waals surface area contributed by atoms with Gasteiger partial charge in [-0.3, -0.25) is 4.79 Å². The minimum Gasteiger partial charge on any atom is -0.479 e. The molecule has 0 aliphatic carbocycles. The Hall–Kier alpha value is -1.26. The van der Waals surface area contributed by atoms with Gasteiger partial charge in [0.15, 0.2) is 6.10 Å². The van der Waals surface area contributed by atoms with Crippen molar-refractivity contribution in [2.75, 3.05) is 6.54 Å². The van der Waals surface area contributed by atoms with Crippen LogP contribution in [0.4, 0.5) is 0 Å². The first-order chi connectivity index (χ1) is 9.71. The molecule has 2 unspecified atom stereocenters. The number of halogens is 1. The Morgan fingerprint density at radius 3 is 2.57 bits per heavy atom. The molecular formula is C16H24ClNO3. The van der Waals surface area contributed by atoms with Gasteiger partial charge in [0.2, 0.25) is 0 Å². The van der Waals surface area contributed by atoms with Crippen molar-refractivity contribution < 1.29 is 14.6 Å². The van der Waals surface area contributed by atoms with Gasteiger partial charge in [-0.15, -0.1) is 0 Å². The number of aliphatic hydroxyl groups is 1. The van der Waals surface area contributed by atoms with Crippen LogP contribution < -0.4 is 10.1 Å². The molecule has 0 heterocycles. The average molecular weight is 314 g/mol. The molecule has 4 nitrogen and oxygen atoms in total. The van der Waals surface area contributed by atoms with Crippen molar-refractivity contribution in [3.63, 3.8) is 0 Å². The van der Waals surface area contributed by atoms with Gasteiger partial charge >= 0.3 is 0 Å². The summed E-state index contributed by atoms with van der Waals surface area (Å²) in [5, 5.41) is 13.3. The number of hydrogen-bond acceptors (Lipinski definition) is 3. The van der Waals surface area contributed by atoms with Crippen molar-refractivity contribution in [1.82, 2.24) is 5.32 Å². The highest BCUT2D eigenvalue weighted by molar-refractivity contribution is 6.32. The van der Waals surface area contributed by atoms with Gasteiger partial charge in [0.25, 0.3) is 5.91 Å². The predicted molar refractivity (Wildman–Crippen MR) is 84.6 cm³/mol. The standard InChI is InChI=1S/C16H24ClNO3/c1-11(2)9-16(4,20)10-18-15(19)12(3)21-14-8-6-5-7-13(14)17/h5-8,11-12,20H,9-10H2,1-4H3,(H,18,19). The summed E-state index contributed by atoms with van der Waals surface area (Å²) in [6, 6.07) is 7.00. The van der Waals surface area contributed by atoms with E-state index in [4.69, 9.17) is 16.3 Å². The molecule has 0 spiro atoms. The van der Waals surface area contributed by atoms with Crippen molar-refractivity contribution >= 4 is 17.5 Å². The molecule has 0 bridgehead atoms. The minimum atomic E-state index is -0.923. The molecular weight excluding hydrogens is 290 g/mol. The SMILES string of the molecule is CC(C)CC(C)(O)CNC(=O)C(C)Oc1ccccc1Cl.